The molecule has 0 spiro atoms. The normalized spacial score (nSPS) is 25.3. The smallest absolute Gasteiger partial charge is 0.129 e. The fourth-order valence-electron chi connectivity index (χ4n) is 4.08. The minimum atomic E-state index is 0.291. The summed E-state index contributed by atoms with van der Waals surface area (Å²) < 4.78 is 6.21. The molecule has 0 radical (unpaired) electrons. The number of ether oxygens (including phenoxy) is 1. The van der Waals surface area contributed by atoms with Gasteiger partial charge in [0.25, 0.3) is 0 Å². The molecule has 0 aromatic carbocycles. The van der Waals surface area contributed by atoms with Crippen molar-refractivity contribution in [2.45, 2.75) is 70.9 Å². The first kappa shape index (κ1) is 17.7. The number of aromatic nitrogens is 1. The van der Waals surface area contributed by atoms with Crippen molar-refractivity contribution in [1.82, 2.24) is 10.3 Å². The molecule has 1 fully saturated rings. The predicted octanol–water partition coefficient (Wildman–Crippen LogP) is 3.56. The molecule has 1 aliphatic heterocycles. The van der Waals surface area contributed by atoms with E-state index in [1.54, 1.807) is 0 Å². The van der Waals surface area contributed by atoms with Crippen LogP contribution >= 0.6 is 0 Å². The zero-order valence-electron chi connectivity index (χ0n) is 15.5. The second kappa shape index (κ2) is 7.83. The van der Waals surface area contributed by atoms with Crippen LogP contribution in [0.25, 0.3) is 0 Å². The monoisotopic (exact) mass is 331 g/mol. The van der Waals surface area contributed by atoms with E-state index in [-0.39, 0.29) is 0 Å². The van der Waals surface area contributed by atoms with Crippen molar-refractivity contribution < 1.29 is 4.74 Å². The van der Waals surface area contributed by atoms with Crippen LogP contribution in [0.4, 0.5) is 5.82 Å². The first-order valence-electron chi connectivity index (χ1n) is 9.60. The Morgan fingerprint density at radius 3 is 3.00 bits per heavy atom. The van der Waals surface area contributed by atoms with E-state index >= 15 is 0 Å². The summed E-state index contributed by atoms with van der Waals surface area (Å²) in [6.07, 6.45) is 8.43. The highest BCUT2D eigenvalue weighted by Gasteiger charge is 2.40. The van der Waals surface area contributed by atoms with Crippen molar-refractivity contribution in [2.75, 3.05) is 25.5 Å². The number of nitrogens with zero attached hydrogens (tertiary/aromatic N) is 1. The van der Waals surface area contributed by atoms with Crippen LogP contribution < -0.4 is 10.6 Å². The lowest BCUT2D eigenvalue weighted by Crippen LogP contribution is -2.26. The Kier molecular flexibility index (Phi) is 5.77. The van der Waals surface area contributed by atoms with E-state index in [9.17, 15) is 0 Å². The van der Waals surface area contributed by atoms with Gasteiger partial charge in [-0.25, -0.2) is 4.98 Å². The van der Waals surface area contributed by atoms with Crippen molar-refractivity contribution >= 4 is 5.82 Å². The number of aryl methyl sites for hydroxylation is 2. The Balaban J connectivity index is 1.38. The molecule has 2 N–H and O–H groups in total. The fourth-order valence-corrected chi connectivity index (χ4v) is 4.08. The van der Waals surface area contributed by atoms with Gasteiger partial charge in [-0.2, -0.15) is 0 Å². The Morgan fingerprint density at radius 1 is 1.33 bits per heavy atom. The van der Waals surface area contributed by atoms with Crippen molar-refractivity contribution in [3.8, 4) is 0 Å². The van der Waals surface area contributed by atoms with E-state index in [0.29, 0.717) is 17.6 Å². The van der Waals surface area contributed by atoms with Gasteiger partial charge in [-0.05, 0) is 69.0 Å². The molecule has 4 heteroatoms. The van der Waals surface area contributed by atoms with E-state index in [1.807, 2.05) is 0 Å². The van der Waals surface area contributed by atoms with Gasteiger partial charge in [-0.3, -0.25) is 0 Å². The minimum absolute atomic E-state index is 0.291. The molecule has 1 aliphatic carbocycles. The maximum atomic E-state index is 6.21. The molecular formula is C20H33N3O. The Bertz CT molecular complexity index is 544. The number of unbranched alkanes of at least 4 members (excludes halogenated alkanes) is 1. The van der Waals surface area contributed by atoms with Gasteiger partial charge in [-0.15, -0.1) is 0 Å². The molecule has 0 amide bonds. The summed E-state index contributed by atoms with van der Waals surface area (Å²) in [7, 11) is 2.06. The maximum absolute atomic E-state index is 6.21. The summed E-state index contributed by atoms with van der Waals surface area (Å²) >= 11 is 0. The van der Waals surface area contributed by atoms with E-state index in [0.717, 1.165) is 51.1 Å². The summed E-state index contributed by atoms with van der Waals surface area (Å²) in [5.74, 6) is 1.11. The molecule has 0 unspecified atom stereocenters. The number of nitrogens with one attached hydrogen (secondary N) is 2. The zero-order chi connectivity index (χ0) is 17.0. The van der Waals surface area contributed by atoms with Gasteiger partial charge >= 0.3 is 0 Å². The summed E-state index contributed by atoms with van der Waals surface area (Å²) in [6.45, 7) is 6.59. The third-order valence-electron chi connectivity index (χ3n) is 5.65. The molecule has 1 aromatic rings. The van der Waals surface area contributed by atoms with Crippen LogP contribution in [0.2, 0.25) is 0 Å². The Morgan fingerprint density at radius 2 is 2.21 bits per heavy atom. The lowest BCUT2D eigenvalue weighted by atomic mass is 9.89. The molecule has 4 nitrogen and oxygen atoms in total. The maximum Gasteiger partial charge on any atom is 0.129 e. The lowest BCUT2D eigenvalue weighted by Gasteiger charge is -2.26. The van der Waals surface area contributed by atoms with Gasteiger partial charge in [-0.1, -0.05) is 19.9 Å². The molecule has 2 aliphatic rings. The quantitative estimate of drug-likeness (QED) is 0.750. The molecule has 1 saturated carbocycles. The van der Waals surface area contributed by atoms with Crippen LogP contribution in [-0.2, 0) is 17.6 Å². The highest BCUT2D eigenvalue weighted by Crippen LogP contribution is 2.39. The van der Waals surface area contributed by atoms with Crippen molar-refractivity contribution in [3.05, 3.63) is 23.4 Å². The molecule has 0 bridgehead atoms. The predicted molar refractivity (Wildman–Crippen MR) is 99.6 cm³/mol. The van der Waals surface area contributed by atoms with Gasteiger partial charge in [0.2, 0.25) is 0 Å². The largest absolute Gasteiger partial charge is 0.378 e. The first-order valence-corrected chi connectivity index (χ1v) is 9.60. The molecule has 1 aromatic heterocycles. The molecule has 134 valence electrons. The van der Waals surface area contributed by atoms with Crippen LogP contribution in [0.15, 0.2) is 12.1 Å². The minimum Gasteiger partial charge on any atom is -0.378 e. The van der Waals surface area contributed by atoms with Crippen LogP contribution in [0, 0.1) is 5.41 Å². The zero-order valence-corrected chi connectivity index (χ0v) is 15.5. The van der Waals surface area contributed by atoms with Crippen molar-refractivity contribution in [1.29, 1.82) is 0 Å². The van der Waals surface area contributed by atoms with E-state index in [2.05, 4.69) is 43.7 Å². The number of anilines is 1. The van der Waals surface area contributed by atoms with Gasteiger partial charge < -0.3 is 15.4 Å². The average molecular weight is 332 g/mol. The fraction of sp³-hybridized carbons (Fsp3) is 0.750. The third kappa shape index (κ3) is 4.28. The van der Waals surface area contributed by atoms with Gasteiger partial charge in [0.1, 0.15) is 5.82 Å². The Labute approximate surface area is 146 Å². The number of rotatable bonds is 7. The van der Waals surface area contributed by atoms with E-state index in [1.165, 1.54) is 24.1 Å². The molecule has 2 heterocycles. The summed E-state index contributed by atoms with van der Waals surface area (Å²) in [4.78, 5) is 4.77. The molecular weight excluding hydrogens is 298 g/mol. The highest BCUT2D eigenvalue weighted by atomic mass is 16.5. The molecule has 2 atom stereocenters. The summed E-state index contributed by atoms with van der Waals surface area (Å²) in [6, 6.07) is 5.06. The molecule has 3 rings (SSSR count). The standard InChI is InChI=1S/C20H33N3O/c1-20(2)14-17(21-3)13-18(20)24-12-5-4-8-16-10-9-15-7-6-11-22-19(15)23-16/h9-10,17-18,21H,4-8,11-14H2,1-3H3,(H,22,23)/t17-,18-/m1/s1. The SMILES string of the molecule is CN[C@@H]1C[C@@H](OCCCCc2ccc3c(n2)NCCC3)C(C)(C)C1. The highest BCUT2D eigenvalue weighted by molar-refractivity contribution is 5.46. The second-order valence-corrected chi connectivity index (χ2v) is 8.07. The number of pyridine rings is 1. The Hall–Kier alpha value is -1.13. The number of fused-ring (bicyclic) bond motifs is 1. The van der Waals surface area contributed by atoms with Crippen LogP contribution in [0.1, 0.15) is 57.2 Å². The first-order chi connectivity index (χ1) is 11.6. The molecule has 0 saturated heterocycles. The van der Waals surface area contributed by atoms with Gasteiger partial charge in [0, 0.05) is 24.9 Å². The van der Waals surface area contributed by atoms with Crippen LogP contribution in [0.3, 0.4) is 0 Å². The van der Waals surface area contributed by atoms with E-state index < -0.39 is 0 Å². The third-order valence-corrected chi connectivity index (χ3v) is 5.65. The van der Waals surface area contributed by atoms with E-state index in [4.69, 9.17) is 9.72 Å². The lowest BCUT2D eigenvalue weighted by molar-refractivity contribution is -0.00721. The van der Waals surface area contributed by atoms with Crippen LogP contribution in [-0.4, -0.2) is 37.3 Å². The summed E-state index contributed by atoms with van der Waals surface area (Å²) in [5, 5.41) is 6.82. The second-order valence-electron chi connectivity index (χ2n) is 8.07. The molecule has 24 heavy (non-hydrogen) atoms. The van der Waals surface area contributed by atoms with Crippen molar-refractivity contribution in [3.63, 3.8) is 0 Å². The number of hydrogen-bond donors (Lipinski definition) is 2. The topological polar surface area (TPSA) is 46.2 Å². The van der Waals surface area contributed by atoms with Gasteiger partial charge in [0.15, 0.2) is 0 Å². The van der Waals surface area contributed by atoms with Crippen molar-refractivity contribution in [2.24, 2.45) is 5.41 Å². The van der Waals surface area contributed by atoms with Gasteiger partial charge in [0.05, 0.1) is 6.10 Å². The average Bonchev–Trinajstić information content (AvgIpc) is 2.88. The van der Waals surface area contributed by atoms with Crippen LogP contribution in [0.5, 0.6) is 0 Å². The summed E-state index contributed by atoms with van der Waals surface area (Å²) in [5.41, 5.74) is 2.87. The number of hydrogen-bond acceptors (Lipinski definition) is 4.